The van der Waals surface area contributed by atoms with Gasteiger partial charge in [0.25, 0.3) is 0 Å². The Balaban J connectivity index is 1.89. The van der Waals surface area contributed by atoms with Crippen LogP contribution >= 0.6 is 0 Å². The van der Waals surface area contributed by atoms with Gasteiger partial charge in [0.1, 0.15) is 0 Å². The molecule has 1 aromatic rings. The van der Waals surface area contributed by atoms with Crippen LogP contribution in [0.4, 0.5) is 0 Å². The highest BCUT2D eigenvalue weighted by Crippen LogP contribution is 2.09. The van der Waals surface area contributed by atoms with E-state index in [-0.39, 0.29) is 11.9 Å². The van der Waals surface area contributed by atoms with Crippen LogP contribution in [-0.2, 0) is 11.3 Å². The van der Waals surface area contributed by atoms with Gasteiger partial charge in [-0.05, 0) is 13.8 Å². The van der Waals surface area contributed by atoms with Crippen molar-refractivity contribution < 1.29 is 4.79 Å². The molecule has 1 amide bonds. The van der Waals surface area contributed by atoms with Crippen LogP contribution in [0.1, 0.15) is 32.0 Å². The Morgan fingerprint density at radius 2 is 2.50 bits per heavy atom. The van der Waals surface area contributed by atoms with E-state index in [0.717, 1.165) is 18.8 Å². The van der Waals surface area contributed by atoms with Gasteiger partial charge in [-0.15, -0.1) is 0 Å². The van der Waals surface area contributed by atoms with Gasteiger partial charge in [0.2, 0.25) is 5.91 Å². The molecule has 0 aliphatic carbocycles. The third-order valence-electron chi connectivity index (χ3n) is 2.85. The van der Waals surface area contributed by atoms with Crippen molar-refractivity contribution in [2.75, 3.05) is 6.54 Å². The molecule has 1 atom stereocenters. The van der Waals surface area contributed by atoms with Crippen LogP contribution < -0.4 is 10.6 Å². The van der Waals surface area contributed by atoms with Gasteiger partial charge in [0.05, 0.1) is 12.0 Å². The van der Waals surface area contributed by atoms with Crippen LogP contribution in [0, 0.1) is 0 Å². The Morgan fingerprint density at radius 1 is 1.69 bits per heavy atom. The smallest absolute Gasteiger partial charge is 0.221 e. The normalized spacial score (nSPS) is 20.4. The lowest BCUT2D eigenvalue weighted by Crippen LogP contribution is -2.31. The molecule has 5 nitrogen and oxygen atoms in total. The quantitative estimate of drug-likeness (QED) is 0.777. The van der Waals surface area contributed by atoms with E-state index in [0.29, 0.717) is 12.5 Å². The van der Waals surface area contributed by atoms with Crippen molar-refractivity contribution in [1.82, 2.24) is 20.2 Å². The van der Waals surface area contributed by atoms with E-state index < -0.39 is 0 Å². The topological polar surface area (TPSA) is 59.0 Å². The Kier molecular flexibility index (Phi) is 3.24. The molecule has 1 fully saturated rings. The van der Waals surface area contributed by atoms with E-state index in [9.17, 15) is 4.79 Å². The van der Waals surface area contributed by atoms with Gasteiger partial charge in [-0.3, -0.25) is 4.79 Å². The predicted molar refractivity (Wildman–Crippen MR) is 60.9 cm³/mol. The van der Waals surface area contributed by atoms with Gasteiger partial charge < -0.3 is 15.2 Å². The Labute approximate surface area is 95.2 Å². The van der Waals surface area contributed by atoms with Crippen LogP contribution in [0.5, 0.6) is 0 Å². The van der Waals surface area contributed by atoms with Crippen molar-refractivity contribution in [3.05, 3.63) is 18.2 Å². The fourth-order valence-electron chi connectivity index (χ4n) is 1.93. The highest BCUT2D eigenvalue weighted by atomic mass is 16.1. The van der Waals surface area contributed by atoms with Gasteiger partial charge in [-0.25, -0.2) is 4.98 Å². The molecule has 1 unspecified atom stereocenters. The number of carbonyl (C=O) groups excluding carboxylic acids is 1. The number of hydrogen-bond donors (Lipinski definition) is 2. The zero-order valence-corrected chi connectivity index (χ0v) is 9.73. The first-order valence-electron chi connectivity index (χ1n) is 5.67. The summed E-state index contributed by atoms with van der Waals surface area (Å²) >= 11 is 0. The lowest BCUT2D eigenvalue weighted by molar-refractivity contribution is -0.119. The third-order valence-corrected chi connectivity index (χ3v) is 2.85. The fourth-order valence-corrected chi connectivity index (χ4v) is 1.93. The maximum Gasteiger partial charge on any atom is 0.221 e. The van der Waals surface area contributed by atoms with Crippen molar-refractivity contribution in [3.8, 4) is 0 Å². The zero-order chi connectivity index (χ0) is 11.5. The summed E-state index contributed by atoms with van der Waals surface area (Å²) in [6.45, 7) is 5.75. The van der Waals surface area contributed by atoms with Crippen molar-refractivity contribution in [1.29, 1.82) is 0 Å². The van der Waals surface area contributed by atoms with E-state index in [1.807, 2.05) is 12.5 Å². The second kappa shape index (κ2) is 4.65. The highest BCUT2D eigenvalue weighted by molar-refractivity contribution is 5.78. The molecule has 16 heavy (non-hydrogen) atoms. The van der Waals surface area contributed by atoms with E-state index in [4.69, 9.17) is 0 Å². The largest absolute Gasteiger partial charge is 0.354 e. The summed E-state index contributed by atoms with van der Waals surface area (Å²) in [4.78, 5) is 15.2. The lowest BCUT2D eigenvalue weighted by Gasteiger charge is -2.14. The fraction of sp³-hybridized carbons (Fsp3) is 0.636. The van der Waals surface area contributed by atoms with Crippen molar-refractivity contribution in [2.45, 2.75) is 38.9 Å². The minimum absolute atomic E-state index is 0.134. The van der Waals surface area contributed by atoms with Crippen LogP contribution in [0.3, 0.4) is 0 Å². The Hall–Kier alpha value is -1.36. The van der Waals surface area contributed by atoms with E-state index in [2.05, 4.69) is 34.0 Å². The minimum Gasteiger partial charge on any atom is -0.354 e. The molecule has 1 saturated heterocycles. The Bertz CT molecular complexity index is 372. The number of carbonyl (C=O) groups is 1. The van der Waals surface area contributed by atoms with E-state index >= 15 is 0 Å². The highest BCUT2D eigenvalue weighted by Gasteiger charge is 2.20. The average molecular weight is 222 g/mol. The molecule has 0 saturated carbocycles. The van der Waals surface area contributed by atoms with Crippen molar-refractivity contribution in [3.63, 3.8) is 0 Å². The van der Waals surface area contributed by atoms with Crippen LogP contribution in [0.25, 0.3) is 0 Å². The molecule has 0 radical (unpaired) electrons. The molecule has 5 heteroatoms. The van der Waals surface area contributed by atoms with Crippen molar-refractivity contribution >= 4 is 5.91 Å². The van der Waals surface area contributed by atoms with Gasteiger partial charge >= 0.3 is 0 Å². The van der Waals surface area contributed by atoms with E-state index in [1.165, 1.54) is 0 Å². The average Bonchev–Trinajstić information content (AvgIpc) is 2.83. The summed E-state index contributed by atoms with van der Waals surface area (Å²) < 4.78 is 2.14. The molecule has 1 aliphatic heterocycles. The predicted octanol–water partition coefficient (Wildman–Crippen LogP) is 0.442. The number of nitrogens with zero attached hydrogens (tertiary/aromatic N) is 2. The second-order valence-corrected chi connectivity index (χ2v) is 4.47. The minimum atomic E-state index is 0.134. The first-order chi connectivity index (χ1) is 7.66. The first-order valence-corrected chi connectivity index (χ1v) is 5.67. The number of nitrogens with one attached hydrogen (secondary N) is 2. The number of imidazole rings is 1. The molecular weight excluding hydrogens is 204 g/mol. The molecule has 2 rings (SSSR count). The van der Waals surface area contributed by atoms with Crippen molar-refractivity contribution in [2.24, 2.45) is 0 Å². The summed E-state index contributed by atoms with van der Waals surface area (Å²) in [6.07, 6.45) is 4.30. The molecule has 1 aliphatic rings. The summed E-state index contributed by atoms with van der Waals surface area (Å²) in [7, 11) is 0. The number of amides is 1. The van der Waals surface area contributed by atoms with Crippen LogP contribution in [0.2, 0.25) is 0 Å². The summed E-state index contributed by atoms with van der Waals surface area (Å²) in [6, 6.07) is 0.672. The second-order valence-electron chi connectivity index (χ2n) is 4.47. The zero-order valence-electron chi connectivity index (χ0n) is 9.73. The Morgan fingerprint density at radius 3 is 3.12 bits per heavy atom. The third kappa shape index (κ3) is 2.41. The maximum atomic E-state index is 11.0. The molecule has 0 aromatic carbocycles. The van der Waals surface area contributed by atoms with Crippen LogP contribution in [0.15, 0.2) is 12.5 Å². The van der Waals surface area contributed by atoms with Gasteiger partial charge in [0.15, 0.2) is 0 Å². The number of aromatic nitrogens is 2. The standard InChI is InChI=1S/C11H18N4O/c1-8(2)15-7-12-5-10(15)6-13-9-3-11(16)14-4-9/h5,7-9,13H,3-4,6H2,1-2H3,(H,14,16). The molecule has 88 valence electrons. The summed E-state index contributed by atoms with van der Waals surface area (Å²) in [5.74, 6) is 0.134. The number of hydrogen-bond acceptors (Lipinski definition) is 3. The summed E-state index contributed by atoms with van der Waals surface area (Å²) in [5, 5.41) is 6.18. The monoisotopic (exact) mass is 222 g/mol. The van der Waals surface area contributed by atoms with Crippen LogP contribution in [-0.4, -0.2) is 28.0 Å². The van der Waals surface area contributed by atoms with Gasteiger partial charge in [-0.1, -0.05) is 0 Å². The molecule has 0 spiro atoms. The SMILES string of the molecule is CC(C)n1cncc1CNC1CNC(=O)C1. The molecule has 0 bridgehead atoms. The first kappa shape index (κ1) is 11.1. The summed E-state index contributed by atoms with van der Waals surface area (Å²) in [5.41, 5.74) is 1.16. The maximum absolute atomic E-state index is 11.0. The molecule has 2 N–H and O–H groups in total. The molecule has 2 heterocycles. The molecule has 1 aromatic heterocycles. The number of rotatable bonds is 4. The molecular formula is C11H18N4O. The van der Waals surface area contributed by atoms with Gasteiger partial charge in [-0.2, -0.15) is 0 Å². The van der Waals surface area contributed by atoms with E-state index in [1.54, 1.807) is 0 Å². The lowest BCUT2D eigenvalue weighted by atomic mass is 10.2. The van der Waals surface area contributed by atoms with Gasteiger partial charge in [0, 0.05) is 37.8 Å².